The number of methoxy groups -OCH3 is 1. The zero-order valence-corrected chi connectivity index (χ0v) is 12.5. The van der Waals surface area contributed by atoms with Crippen LogP contribution in [0.1, 0.15) is 17.2 Å². The second kappa shape index (κ2) is 7.89. The van der Waals surface area contributed by atoms with Gasteiger partial charge in [0.05, 0.1) is 7.11 Å². The van der Waals surface area contributed by atoms with Gasteiger partial charge in [-0.25, -0.2) is 9.18 Å². The average molecular weight is 313 g/mol. The molecule has 2 aromatic rings. The Labute approximate surface area is 133 Å². The van der Waals surface area contributed by atoms with Gasteiger partial charge in [-0.3, -0.25) is 4.79 Å². The van der Waals surface area contributed by atoms with Gasteiger partial charge < -0.3 is 10.1 Å². The molecule has 0 aliphatic carbocycles. The van der Waals surface area contributed by atoms with E-state index in [0.717, 1.165) is 0 Å². The lowest BCUT2D eigenvalue weighted by atomic mass is 10.1. The van der Waals surface area contributed by atoms with Crippen molar-refractivity contribution < 1.29 is 18.7 Å². The fraction of sp³-hybridized carbons (Fsp3) is 0.111. The Bertz CT molecular complexity index is 713. The molecule has 2 rings (SSSR count). The lowest BCUT2D eigenvalue weighted by Crippen LogP contribution is -2.33. The smallest absolute Gasteiger partial charge is 0.333 e. The highest BCUT2D eigenvalue weighted by Gasteiger charge is 2.22. The first kappa shape index (κ1) is 16.4. The molecule has 1 N–H and O–H groups in total. The molecule has 0 aromatic heterocycles. The van der Waals surface area contributed by atoms with Gasteiger partial charge in [0.2, 0.25) is 5.91 Å². The van der Waals surface area contributed by atoms with Gasteiger partial charge in [0.25, 0.3) is 0 Å². The number of hydrogen-bond donors (Lipinski definition) is 1. The second-order valence-electron chi connectivity index (χ2n) is 4.76. The third kappa shape index (κ3) is 4.78. The summed E-state index contributed by atoms with van der Waals surface area (Å²) in [6, 6.07) is 13.7. The van der Waals surface area contributed by atoms with Crippen LogP contribution in [0.5, 0.6) is 0 Å². The molecule has 0 saturated carbocycles. The van der Waals surface area contributed by atoms with Crippen LogP contribution in [0, 0.1) is 5.82 Å². The molecule has 0 saturated heterocycles. The number of rotatable bonds is 5. The Balaban J connectivity index is 2.10. The summed E-state index contributed by atoms with van der Waals surface area (Å²) in [6.07, 6.45) is 2.71. The molecule has 4 nitrogen and oxygen atoms in total. The fourth-order valence-corrected chi connectivity index (χ4v) is 2.01. The van der Waals surface area contributed by atoms with E-state index in [-0.39, 0.29) is 5.82 Å². The minimum Gasteiger partial charge on any atom is -0.467 e. The van der Waals surface area contributed by atoms with Crippen molar-refractivity contribution in [1.29, 1.82) is 0 Å². The summed E-state index contributed by atoms with van der Waals surface area (Å²) < 4.78 is 17.8. The molecule has 1 amide bonds. The van der Waals surface area contributed by atoms with E-state index in [2.05, 4.69) is 5.32 Å². The molecule has 0 aliphatic rings. The molecule has 23 heavy (non-hydrogen) atoms. The number of nitrogens with one attached hydrogen (secondary N) is 1. The van der Waals surface area contributed by atoms with Crippen molar-refractivity contribution in [2.45, 2.75) is 6.04 Å². The zero-order chi connectivity index (χ0) is 16.7. The molecule has 0 radical (unpaired) electrons. The summed E-state index contributed by atoms with van der Waals surface area (Å²) in [4.78, 5) is 23.9. The van der Waals surface area contributed by atoms with Gasteiger partial charge in [-0.2, -0.15) is 0 Å². The largest absolute Gasteiger partial charge is 0.467 e. The standard InChI is InChI=1S/C18H16FNO3/c1-23-18(22)17(14-7-3-2-4-8-14)20-16(21)11-10-13-6-5-9-15(19)12-13/h2-12,17H,1H3,(H,20,21)/b11-10+. The summed E-state index contributed by atoms with van der Waals surface area (Å²) in [7, 11) is 1.26. The van der Waals surface area contributed by atoms with Crippen molar-refractivity contribution in [2.75, 3.05) is 7.11 Å². The van der Waals surface area contributed by atoms with Crippen molar-refractivity contribution in [3.05, 3.63) is 77.6 Å². The van der Waals surface area contributed by atoms with Crippen molar-refractivity contribution in [2.24, 2.45) is 0 Å². The van der Waals surface area contributed by atoms with Crippen LogP contribution in [-0.4, -0.2) is 19.0 Å². The van der Waals surface area contributed by atoms with Crippen LogP contribution in [0.15, 0.2) is 60.7 Å². The fourth-order valence-electron chi connectivity index (χ4n) is 2.01. The SMILES string of the molecule is COC(=O)C(NC(=O)/C=C/c1cccc(F)c1)c1ccccc1. The number of ether oxygens (including phenoxy) is 1. The van der Waals surface area contributed by atoms with Crippen molar-refractivity contribution >= 4 is 18.0 Å². The predicted molar refractivity (Wildman–Crippen MR) is 84.8 cm³/mol. The van der Waals surface area contributed by atoms with E-state index in [1.54, 1.807) is 36.4 Å². The quantitative estimate of drug-likeness (QED) is 0.682. The molecular weight excluding hydrogens is 297 g/mol. The maximum atomic E-state index is 13.1. The summed E-state index contributed by atoms with van der Waals surface area (Å²) in [6.45, 7) is 0. The lowest BCUT2D eigenvalue weighted by Gasteiger charge is -2.15. The molecule has 1 atom stereocenters. The Morgan fingerprint density at radius 1 is 1.13 bits per heavy atom. The van der Waals surface area contributed by atoms with E-state index in [1.165, 1.54) is 31.4 Å². The number of halogens is 1. The highest BCUT2D eigenvalue weighted by molar-refractivity contribution is 5.94. The van der Waals surface area contributed by atoms with E-state index in [0.29, 0.717) is 11.1 Å². The summed E-state index contributed by atoms with van der Waals surface area (Å²) >= 11 is 0. The van der Waals surface area contributed by atoms with E-state index >= 15 is 0 Å². The molecule has 2 aromatic carbocycles. The molecule has 1 unspecified atom stereocenters. The van der Waals surface area contributed by atoms with Gasteiger partial charge in [-0.15, -0.1) is 0 Å². The molecule has 0 aliphatic heterocycles. The highest BCUT2D eigenvalue weighted by Crippen LogP contribution is 2.14. The second-order valence-corrected chi connectivity index (χ2v) is 4.76. The van der Waals surface area contributed by atoms with Crippen molar-refractivity contribution in [1.82, 2.24) is 5.32 Å². The van der Waals surface area contributed by atoms with Gasteiger partial charge in [-0.1, -0.05) is 42.5 Å². The van der Waals surface area contributed by atoms with Gasteiger partial charge >= 0.3 is 5.97 Å². The van der Waals surface area contributed by atoms with Crippen LogP contribution >= 0.6 is 0 Å². The van der Waals surface area contributed by atoms with E-state index < -0.39 is 17.9 Å². The van der Waals surface area contributed by atoms with E-state index in [9.17, 15) is 14.0 Å². The van der Waals surface area contributed by atoms with Crippen LogP contribution in [0.25, 0.3) is 6.08 Å². The molecule has 0 bridgehead atoms. The van der Waals surface area contributed by atoms with E-state index in [4.69, 9.17) is 4.74 Å². The lowest BCUT2D eigenvalue weighted by molar-refractivity contribution is -0.144. The predicted octanol–water partition coefficient (Wildman–Crippen LogP) is 2.87. The number of carbonyl (C=O) groups excluding carboxylic acids is 2. The number of benzene rings is 2. The first-order chi connectivity index (χ1) is 11.1. The Morgan fingerprint density at radius 2 is 1.87 bits per heavy atom. The number of hydrogen-bond acceptors (Lipinski definition) is 3. The molecule has 0 spiro atoms. The Hall–Kier alpha value is -2.95. The van der Waals surface area contributed by atoms with Crippen LogP contribution in [0.3, 0.4) is 0 Å². The number of amides is 1. The first-order valence-electron chi connectivity index (χ1n) is 6.97. The number of esters is 1. The molecular formula is C18H16FNO3. The average Bonchev–Trinajstić information content (AvgIpc) is 2.58. The van der Waals surface area contributed by atoms with Crippen molar-refractivity contribution in [3.8, 4) is 0 Å². The Kier molecular flexibility index (Phi) is 5.63. The maximum absolute atomic E-state index is 13.1. The van der Waals surface area contributed by atoms with Crippen LogP contribution in [0.2, 0.25) is 0 Å². The van der Waals surface area contributed by atoms with Gasteiger partial charge in [0, 0.05) is 6.08 Å². The molecule has 0 heterocycles. The third-order valence-corrected chi connectivity index (χ3v) is 3.13. The monoisotopic (exact) mass is 313 g/mol. The molecule has 5 heteroatoms. The van der Waals surface area contributed by atoms with Gasteiger partial charge in [0.15, 0.2) is 6.04 Å². The zero-order valence-electron chi connectivity index (χ0n) is 12.5. The van der Waals surface area contributed by atoms with Crippen LogP contribution in [0.4, 0.5) is 4.39 Å². The Morgan fingerprint density at radius 3 is 2.52 bits per heavy atom. The summed E-state index contributed by atoms with van der Waals surface area (Å²) in [5, 5.41) is 2.57. The van der Waals surface area contributed by atoms with Crippen molar-refractivity contribution in [3.63, 3.8) is 0 Å². The topological polar surface area (TPSA) is 55.4 Å². The minimum absolute atomic E-state index is 0.385. The van der Waals surface area contributed by atoms with Gasteiger partial charge in [0.1, 0.15) is 5.82 Å². The molecule has 0 fully saturated rings. The van der Waals surface area contributed by atoms with E-state index in [1.807, 2.05) is 6.07 Å². The third-order valence-electron chi connectivity index (χ3n) is 3.13. The maximum Gasteiger partial charge on any atom is 0.333 e. The normalized spacial score (nSPS) is 11.9. The summed E-state index contributed by atoms with van der Waals surface area (Å²) in [5.41, 5.74) is 1.17. The van der Waals surface area contributed by atoms with Crippen LogP contribution < -0.4 is 5.32 Å². The van der Waals surface area contributed by atoms with Crippen LogP contribution in [-0.2, 0) is 14.3 Å². The minimum atomic E-state index is -0.897. The highest BCUT2D eigenvalue weighted by atomic mass is 19.1. The number of carbonyl (C=O) groups is 2. The van der Waals surface area contributed by atoms with Gasteiger partial charge in [-0.05, 0) is 29.3 Å². The molecule has 118 valence electrons. The first-order valence-corrected chi connectivity index (χ1v) is 6.97. The summed E-state index contributed by atoms with van der Waals surface area (Å²) in [5.74, 6) is -1.43.